The van der Waals surface area contributed by atoms with Gasteiger partial charge in [-0.3, -0.25) is 0 Å². The van der Waals surface area contributed by atoms with E-state index in [1.807, 2.05) is 37.3 Å². The first kappa shape index (κ1) is 12.7. The first-order chi connectivity index (χ1) is 9.03. The second-order valence-electron chi connectivity index (χ2n) is 5.17. The van der Waals surface area contributed by atoms with Gasteiger partial charge in [0.15, 0.2) is 9.84 Å². The molecule has 2 aromatic rings. The first-order valence-corrected chi connectivity index (χ1v) is 8.30. The summed E-state index contributed by atoms with van der Waals surface area (Å²) in [6, 6.07) is 9.93. The maximum Gasteiger partial charge on any atom is 0.151 e. The van der Waals surface area contributed by atoms with Gasteiger partial charge in [-0.25, -0.2) is 8.42 Å². The molecule has 1 fully saturated rings. The molecule has 0 aliphatic carbocycles. The Bertz CT molecular complexity index is 657. The van der Waals surface area contributed by atoms with Gasteiger partial charge in [0.2, 0.25) is 0 Å². The molecule has 0 amide bonds. The van der Waals surface area contributed by atoms with Crippen molar-refractivity contribution in [2.24, 2.45) is 0 Å². The van der Waals surface area contributed by atoms with E-state index in [-0.39, 0.29) is 23.6 Å². The van der Waals surface area contributed by atoms with Gasteiger partial charge in [0.05, 0.1) is 17.5 Å². The van der Waals surface area contributed by atoms with Crippen molar-refractivity contribution in [2.45, 2.75) is 25.4 Å². The van der Waals surface area contributed by atoms with Gasteiger partial charge in [-0.05, 0) is 25.5 Å². The average Bonchev–Trinajstić information content (AvgIpc) is 2.92. The minimum atomic E-state index is -2.84. The molecule has 4 nitrogen and oxygen atoms in total. The topological polar surface area (TPSA) is 59.3 Å². The van der Waals surface area contributed by atoms with Gasteiger partial charge in [-0.2, -0.15) is 0 Å². The Morgan fingerprint density at radius 2 is 2.16 bits per heavy atom. The van der Waals surface area contributed by atoms with E-state index in [0.717, 1.165) is 16.7 Å². The Kier molecular flexibility index (Phi) is 3.11. The quantitative estimate of drug-likeness (QED) is 0.936. The first-order valence-electron chi connectivity index (χ1n) is 6.48. The Morgan fingerprint density at radius 1 is 1.37 bits per heavy atom. The summed E-state index contributed by atoms with van der Waals surface area (Å²) < 4.78 is 28.7. The van der Waals surface area contributed by atoms with E-state index in [4.69, 9.17) is 4.42 Å². The second-order valence-corrected chi connectivity index (χ2v) is 7.40. The van der Waals surface area contributed by atoms with Gasteiger partial charge in [-0.15, -0.1) is 0 Å². The highest BCUT2D eigenvalue weighted by Gasteiger charge is 2.29. The van der Waals surface area contributed by atoms with Crippen LogP contribution in [0.3, 0.4) is 0 Å². The van der Waals surface area contributed by atoms with Gasteiger partial charge in [0.1, 0.15) is 11.3 Å². The molecule has 1 aliphatic rings. The van der Waals surface area contributed by atoms with E-state index in [1.54, 1.807) is 0 Å². The van der Waals surface area contributed by atoms with Crippen LogP contribution in [0.15, 0.2) is 34.7 Å². The van der Waals surface area contributed by atoms with Crippen molar-refractivity contribution in [3.05, 3.63) is 36.1 Å². The molecule has 0 bridgehead atoms. The zero-order valence-electron chi connectivity index (χ0n) is 10.8. The van der Waals surface area contributed by atoms with Crippen LogP contribution >= 0.6 is 0 Å². The van der Waals surface area contributed by atoms with E-state index in [1.165, 1.54) is 0 Å². The van der Waals surface area contributed by atoms with Crippen LogP contribution in [0.2, 0.25) is 0 Å². The van der Waals surface area contributed by atoms with Crippen LogP contribution in [0.5, 0.6) is 0 Å². The molecule has 102 valence electrons. The molecule has 3 rings (SSSR count). The zero-order valence-corrected chi connectivity index (χ0v) is 11.6. The van der Waals surface area contributed by atoms with E-state index < -0.39 is 9.84 Å². The summed E-state index contributed by atoms with van der Waals surface area (Å²) in [7, 11) is -2.84. The minimum Gasteiger partial charge on any atom is -0.459 e. The lowest BCUT2D eigenvalue weighted by atomic mass is 10.2. The third-order valence-corrected chi connectivity index (χ3v) is 5.36. The molecule has 2 unspecified atom stereocenters. The van der Waals surface area contributed by atoms with Crippen molar-refractivity contribution in [3.8, 4) is 0 Å². The predicted molar refractivity (Wildman–Crippen MR) is 74.8 cm³/mol. The van der Waals surface area contributed by atoms with Crippen molar-refractivity contribution < 1.29 is 12.8 Å². The van der Waals surface area contributed by atoms with Crippen molar-refractivity contribution in [1.29, 1.82) is 0 Å². The molecule has 2 atom stereocenters. The van der Waals surface area contributed by atoms with Crippen LogP contribution in [-0.4, -0.2) is 26.0 Å². The number of fused-ring (bicyclic) bond motifs is 1. The summed E-state index contributed by atoms with van der Waals surface area (Å²) >= 11 is 0. The lowest BCUT2D eigenvalue weighted by Gasteiger charge is -2.16. The monoisotopic (exact) mass is 279 g/mol. The van der Waals surface area contributed by atoms with Gasteiger partial charge >= 0.3 is 0 Å². The number of furan rings is 1. The molecule has 2 heterocycles. The van der Waals surface area contributed by atoms with Crippen LogP contribution in [-0.2, 0) is 9.84 Å². The van der Waals surface area contributed by atoms with Crippen LogP contribution in [0.1, 0.15) is 25.1 Å². The Hall–Kier alpha value is -1.33. The highest BCUT2D eigenvalue weighted by atomic mass is 32.2. The fourth-order valence-electron chi connectivity index (χ4n) is 2.58. The number of nitrogens with one attached hydrogen (secondary N) is 1. The third kappa shape index (κ3) is 2.67. The summed E-state index contributed by atoms with van der Waals surface area (Å²) in [4.78, 5) is 0. The smallest absolute Gasteiger partial charge is 0.151 e. The third-order valence-electron chi connectivity index (χ3n) is 3.59. The Balaban J connectivity index is 1.75. The molecule has 1 N–H and O–H groups in total. The van der Waals surface area contributed by atoms with Crippen LogP contribution in [0.4, 0.5) is 0 Å². The minimum absolute atomic E-state index is 0.0192. The second kappa shape index (κ2) is 4.65. The van der Waals surface area contributed by atoms with Gasteiger partial charge < -0.3 is 9.73 Å². The van der Waals surface area contributed by atoms with Crippen molar-refractivity contribution in [2.75, 3.05) is 11.5 Å². The Morgan fingerprint density at radius 3 is 2.84 bits per heavy atom. The number of hydrogen-bond donors (Lipinski definition) is 1. The predicted octanol–water partition coefficient (Wildman–Crippen LogP) is 2.27. The number of benzene rings is 1. The summed E-state index contributed by atoms with van der Waals surface area (Å²) in [5.41, 5.74) is 0.866. The van der Waals surface area contributed by atoms with E-state index >= 15 is 0 Å². The van der Waals surface area contributed by atoms with Crippen LogP contribution in [0, 0.1) is 0 Å². The van der Waals surface area contributed by atoms with Gasteiger partial charge in [-0.1, -0.05) is 18.2 Å². The number of rotatable bonds is 3. The maximum absolute atomic E-state index is 11.4. The average molecular weight is 279 g/mol. The molecule has 0 spiro atoms. The highest BCUT2D eigenvalue weighted by molar-refractivity contribution is 7.91. The summed E-state index contributed by atoms with van der Waals surface area (Å²) in [6.07, 6.45) is 0.687. The van der Waals surface area contributed by atoms with E-state index in [0.29, 0.717) is 6.42 Å². The summed E-state index contributed by atoms with van der Waals surface area (Å²) in [6.45, 7) is 2.00. The number of para-hydroxylation sites is 1. The standard InChI is InChI=1S/C14H17NO3S/c1-10(15-12-6-7-19(16,17)9-12)14-8-11-4-2-3-5-13(11)18-14/h2-5,8,10,12,15H,6-7,9H2,1H3. The van der Waals surface area contributed by atoms with Crippen molar-refractivity contribution in [1.82, 2.24) is 5.32 Å². The molecule has 1 aliphatic heterocycles. The zero-order chi connectivity index (χ0) is 13.5. The van der Waals surface area contributed by atoms with Crippen LogP contribution in [0.25, 0.3) is 11.0 Å². The summed E-state index contributed by atoms with van der Waals surface area (Å²) in [5, 5.41) is 4.41. The van der Waals surface area contributed by atoms with Gasteiger partial charge in [0.25, 0.3) is 0 Å². The molecular weight excluding hydrogens is 262 g/mol. The fraction of sp³-hybridized carbons (Fsp3) is 0.429. The molecule has 0 radical (unpaired) electrons. The largest absolute Gasteiger partial charge is 0.459 e. The fourth-order valence-corrected chi connectivity index (χ4v) is 4.26. The van der Waals surface area contributed by atoms with Crippen molar-refractivity contribution in [3.63, 3.8) is 0 Å². The SMILES string of the molecule is CC(NC1CCS(=O)(=O)C1)c1cc2ccccc2o1. The van der Waals surface area contributed by atoms with Crippen LogP contribution < -0.4 is 5.32 Å². The summed E-state index contributed by atoms with van der Waals surface area (Å²) in [5.74, 6) is 1.38. The Labute approximate surface area is 112 Å². The van der Waals surface area contributed by atoms with Gasteiger partial charge in [0, 0.05) is 11.4 Å². The van der Waals surface area contributed by atoms with E-state index in [2.05, 4.69) is 5.32 Å². The molecule has 5 heteroatoms. The molecule has 19 heavy (non-hydrogen) atoms. The normalized spacial score (nSPS) is 23.7. The lowest BCUT2D eigenvalue weighted by Crippen LogP contribution is -2.32. The molecule has 0 saturated carbocycles. The van der Waals surface area contributed by atoms with E-state index in [9.17, 15) is 8.42 Å². The highest BCUT2D eigenvalue weighted by Crippen LogP contribution is 2.25. The molecular formula is C14H17NO3S. The number of sulfone groups is 1. The number of hydrogen-bond acceptors (Lipinski definition) is 4. The van der Waals surface area contributed by atoms with Crippen molar-refractivity contribution >= 4 is 20.8 Å². The lowest BCUT2D eigenvalue weighted by molar-refractivity contribution is 0.414. The maximum atomic E-state index is 11.4. The molecule has 1 saturated heterocycles. The molecule has 1 aromatic carbocycles. The molecule has 1 aromatic heterocycles.